The van der Waals surface area contributed by atoms with Gasteiger partial charge in [-0.1, -0.05) is 54.6 Å². The normalized spacial score (nSPS) is 24.9. The van der Waals surface area contributed by atoms with Crippen molar-refractivity contribution in [2.45, 2.75) is 24.9 Å². The van der Waals surface area contributed by atoms with Gasteiger partial charge in [-0.25, -0.2) is 0 Å². The molecule has 6 rings (SSSR count). The number of Topliss-reactive ketones (excluding diaryl/α,β-unsaturated/α-hetero) is 1. The fourth-order valence-electron chi connectivity index (χ4n) is 5.78. The molecular weight excluding hydrogens is 400 g/mol. The summed E-state index contributed by atoms with van der Waals surface area (Å²) in [5.41, 5.74) is 3.02. The third kappa shape index (κ3) is 3.11. The predicted octanol–water partition coefficient (Wildman–Crippen LogP) is 4.11. The predicted molar refractivity (Wildman–Crippen MR) is 126 cm³/mol. The largest absolute Gasteiger partial charge is 0.489 e. The van der Waals surface area contributed by atoms with Gasteiger partial charge in [-0.2, -0.15) is 0 Å². The first-order chi connectivity index (χ1) is 15.7. The lowest BCUT2D eigenvalue weighted by Crippen LogP contribution is -2.54. The van der Waals surface area contributed by atoms with Gasteiger partial charge in [-0.3, -0.25) is 9.69 Å². The summed E-state index contributed by atoms with van der Waals surface area (Å²) in [6.07, 6.45) is 0. The highest BCUT2D eigenvalue weighted by Crippen LogP contribution is 2.50. The van der Waals surface area contributed by atoms with E-state index in [1.165, 1.54) is 0 Å². The lowest BCUT2D eigenvalue weighted by Gasteiger charge is -2.42. The number of hydrogen-bond acceptors (Lipinski definition) is 5. The number of ether oxygens (including phenoxy) is 2. The minimum atomic E-state index is -0.204. The summed E-state index contributed by atoms with van der Waals surface area (Å²) >= 11 is 0. The maximum atomic E-state index is 14.0. The minimum absolute atomic E-state index is 0.0764. The number of para-hydroxylation sites is 1. The summed E-state index contributed by atoms with van der Waals surface area (Å²) in [7, 11) is 0. The van der Waals surface area contributed by atoms with E-state index >= 15 is 0 Å². The molecule has 3 aliphatic heterocycles. The van der Waals surface area contributed by atoms with Crippen molar-refractivity contribution in [3.8, 4) is 5.75 Å². The molecule has 0 saturated carbocycles. The van der Waals surface area contributed by atoms with Crippen LogP contribution in [0.25, 0.3) is 10.8 Å². The number of anilines is 1. The Hall–Kier alpha value is -2.89. The van der Waals surface area contributed by atoms with E-state index < -0.39 is 0 Å². The van der Waals surface area contributed by atoms with Crippen LogP contribution < -0.4 is 9.64 Å². The molecule has 5 heteroatoms. The number of fused-ring (bicyclic) bond motifs is 1. The molecule has 0 bridgehead atoms. The van der Waals surface area contributed by atoms with Crippen molar-refractivity contribution in [3.63, 3.8) is 0 Å². The summed E-state index contributed by atoms with van der Waals surface area (Å²) in [6.45, 7) is 7.25. The van der Waals surface area contributed by atoms with Gasteiger partial charge in [0, 0.05) is 31.2 Å². The fraction of sp³-hybridized carbons (Fsp3) is 0.370. The molecule has 3 aliphatic rings. The number of benzene rings is 3. The molecule has 0 spiro atoms. The Kier molecular flexibility index (Phi) is 4.89. The van der Waals surface area contributed by atoms with Crippen molar-refractivity contribution >= 4 is 22.2 Å². The summed E-state index contributed by atoms with van der Waals surface area (Å²) in [5.74, 6) is 0.896. The quantitative estimate of drug-likeness (QED) is 0.585. The second-order valence-electron chi connectivity index (χ2n) is 9.09. The molecule has 3 heterocycles. The fourth-order valence-corrected chi connectivity index (χ4v) is 5.78. The molecule has 0 radical (unpaired) electrons. The second-order valence-corrected chi connectivity index (χ2v) is 9.09. The topological polar surface area (TPSA) is 42.0 Å². The maximum absolute atomic E-state index is 14.0. The van der Waals surface area contributed by atoms with Crippen LogP contribution in [0.1, 0.15) is 28.8 Å². The molecule has 3 aromatic rings. The monoisotopic (exact) mass is 428 g/mol. The average Bonchev–Trinajstić information content (AvgIpc) is 3.14. The van der Waals surface area contributed by atoms with E-state index in [9.17, 15) is 4.79 Å². The molecule has 5 nitrogen and oxygen atoms in total. The van der Waals surface area contributed by atoms with Crippen LogP contribution in [0.15, 0.2) is 60.7 Å². The van der Waals surface area contributed by atoms with Crippen LogP contribution in [0.4, 0.5) is 5.69 Å². The number of ketones is 1. The van der Waals surface area contributed by atoms with E-state index in [2.05, 4.69) is 41.0 Å². The molecule has 3 unspecified atom stereocenters. The molecule has 3 atom stereocenters. The Labute approximate surface area is 188 Å². The molecule has 1 saturated heterocycles. The molecule has 32 heavy (non-hydrogen) atoms. The third-order valence-electron chi connectivity index (χ3n) is 7.28. The molecule has 164 valence electrons. The SMILES string of the molecule is CC1C(C(=O)c2cccc3ccccc23)c2cccc3c2N1C(CN1CCOCC1)CO3. The number of morpholine rings is 1. The summed E-state index contributed by atoms with van der Waals surface area (Å²) in [5, 5.41) is 2.13. The van der Waals surface area contributed by atoms with Crippen LogP contribution in [-0.4, -0.2) is 62.2 Å². The Morgan fingerprint density at radius 2 is 1.78 bits per heavy atom. The first-order valence-electron chi connectivity index (χ1n) is 11.6. The van der Waals surface area contributed by atoms with Gasteiger partial charge in [0.2, 0.25) is 0 Å². The molecule has 0 amide bonds. The summed E-state index contributed by atoms with van der Waals surface area (Å²) < 4.78 is 11.7. The Morgan fingerprint density at radius 3 is 2.66 bits per heavy atom. The van der Waals surface area contributed by atoms with Crippen LogP contribution >= 0.6 is 0 Å². The zero-order valence-electron chi connectivity index (χ0n) is 18.4. The van der Waals surface area contributed by atoms with Gasteiger partial charge in [0.1, 0.15) is 12.4 Å². The van der Waals surface area contributed by atoms with Crippen LogP contribution in [-0.2, 0) is 4.74 Å². The molecule has 0 aromatic heterocycles. The standard InChI is InChI=1S/C27H28N2O3/c1-18-25(27(30)22-9-4-7-19-6-2-3-8-21(19)22)23-10-5-11-24-26(23)29(18)20(17-32-24)16-28-12-14-31-15-13-28/h2-11,18,20,25H,12-17H2,1H3. The number of rotatable bonds is 4. The van der Waals surface area contributed by atoms with E-state index in [-0.39, 0.29) is 23.8 Å². The highest BCUT2D eigenvalue weighted by atomic mass is 16.5. The van der Waals surface area contributed by atoms with E-state index in [1.807, 2.05) is 36.4 Å². The summed E-state index contributed by atoms with van der Waals surface area (Å²) in [6, 6.07) is 20.7. The zero-order valence-corrected chi connectivity index (χ0v) is 18.4. The van der Waals surface area contributed by atoms with Gasteiger partial charge >= 0.3 is 0 Å². The van der Waals surface area contributed by atoms with Crippen molar-refractivity contribution in [3.05, 3.63) is 71.8 Å². The molecule has 0 aliphatic carbocycles. The van der Waals surface area contributed by atoms with Crippen LogP contribution in [0.2, 0.25) is 0 Å². The molecule has 1 fully saturated rings. The van der Waals surface area contributed by atoms with Crippen molar-refractivity contribution < 1.29 is 14.3 Å². The Morgan fingerprint density at radius 1 is 1.00 bits per heavy atom. The first-order valence-corrected chi connectivity index (χ1v) is 11.6. The molecule has 3 aromatic carbocycles. The Balaban J connectivity index is 1.39. The van der Waals surface area contributed by atoms with Crippen molar-refractivity contribution in [1.29, 1.82) is 0 Å². The average molecular weight is 429 g/mol. The van der Waals surface area contributed by atoms with E-state index in [4.69, 9.17) is 9.47 Å². The smallest absolute Gasteiger partial charge is 0.173 e. The van der Waals surface area contributed by atoms with Gasteiger partial charge in [0.15, 0.2) is 5.78 Å². The molecular formula is C27H28N2O3. The van der Waals surface area contributed by atoms with E-state index in [1.54, 1.807) is 0 Å². The van der Waals surface area contributed by atoms with Crippen molar-refractivity contribution in [2.75, 3.05) is 44.4 Å². The second kappa shape index (κ2) is 7.91. The number of hydrogen-bond donors (Lipinski definition) is 0. The highest BCUT2D eigenvalue weighted by Gasteiger charge is 2.47. The maximum Gasteiger partial charge on any atom is 0.173 e. The first kappa shape index (κ1) is 19.8. The molecule has 0 N–H and O–H groups in total. The minimum Gasteiger partial charge on any atom is -0.489 e. The Bertz CT molecular complexity index is 1170. The highest BCUT2D eigenvalue weighted by molar-refractivity contribution is 6.12. The number of carbonyl (C=O) groups excluding carboxylic acids is 1. The van der Waals surface area contributed by atoms with Gasteiger partial charge in [-0.15, -0.1) is 0 Å². The van der Waals surface area contributed by atoms with E-state index in [0.29, 0.717) is 6.61 Å². The van der Waals surface area contributed by atoms with E-state index in [0.717, 1.165) is 66.2 Å². The number of carbonyl (C=O) groups is 1. The number of nitrogens with zero attached hydrogens (tertiary/aromatic N) is 2. The van der Waals surface area contributed by atoms with Crippen LogP contribution in [0.3, 0.4) is 0 Å². The van der Waals surface area contributed by atoms with Gasteiger partial charge in [0.05, 0.1) is 30.9 Å². The van der Waals surface area contributed by atoms with Crippen molar-refractivity contribution in [1.82, 2.24) is 4.90 Å². The summed E-state index contributed by atoms with van der Waals surface area (Å²) in [4.78, 5) is 19.0. The van der Waals surface area contributed by atoms with Crippen LogP contribution in [0, 0.1) is 0 Å². The lowest BCUT2D eigenvalue weighted by molar-refractivity contribution is 0.0314. The third-order valence-corrected chi connectivity index (χ3v) is 7.28. The van der Waals surface area contributed by atoms with Gasteiger partial charge in [-0.05, 0) is 29.3 Å². The zero-order chi connectivity index (χ0) is 21.7. The lowest BCUT2D eigenvalue weighted by atomic mass is 9.86. The van der Waals surface area contributed by atoms with Crippen molar-refractivity contribution in [2.24, 2.45) is 0 Å². The van der Waals surface area contributed by atoms with Gasteiger partial charge in [0.25, 0.3) is 0 Å². The van der Waals surface area contributed by atoms with Gasteiger partial charge < -0.3 is 14.4 Å². The van der Waals surface area contributed by atoms with Crippen LogP contribution in [0.5, 0.6) is 5.75 Å².